The third kappa shape index (κ3) is 4.98. The molecule has 2 aromatic carbocycles. The van der Waals surface area contributed by atoms with Gasteiger partial charge in [-0.15, -0.1) is 0 Å². The molecular weight excluding hydrogens is 494 g/mol. The molecule has 0 bridgehead atoms. The Morgan fingerprint density at radius 1 is 1.06 bits per heavy atom. The van der Waals surface area contributed by atoms with E-state index in [1.165, 1.54) is 48.8 Å². The summed E-state index contributed by atoms with van der Waals surface area (Å²) in [4.78, 5) is 33.6. The van der Waals surface area contributed by atoms with Crippen LogP contribution in [0.25, 0.3) is 0 Å². The summed E-state index contributed by atoms with van der Waals surface area (Å²) >= 11 is 6.07. The molecule has 8 nitrogen and oxygen atoms in total. The van der Waals surface area contributed by atoms with E-state index < -0.39 is 23.1 Å². The Hall–Kier alpha value is -4.44. The van der Waals surface area contributed by atoms with Gasteiger partial charge >= 0.3 is 0 Å². The van der Waals surface area contributed by atoms with Crippen molar-refractivity contribution in [2.45, 2.75) is 6.92 Å². The molecule has 3 N–H and O–H groups in total. The molecule has 0 unspecified atom stereocenters. The summed E-state index contributed by atoms with van der Waals surface area (Å²) in [7, 11) is 0. The van der Waals surface area contributed by atoms with Crippen LogP contribution in [0.1, 0.15) is 17.3 Å². The lowest BCUT2D eigenvalue weighted by molar-refractivity contribution is 0.0994. The number of aromatic nitrogens is 2. The first-order valence-electron chi connectivity index (χ1n) is 10.6. The molecule has 4 rings (SSSR count). The summed E-state index contributed by atoms with van der Waals surface area (Å²) in [5.74, 6) is -2.26. The number of pyridine rings is 2. The van der Waals surface area contributed by atoms with E-state index in [9.17, 15) is 14.0 Å². The molecule has 0 atom stereocenters. The van der Waals surface area contributed by atoms with Crippen LogP contribution in [-0.4, -0.2) is 22.5 Å². The number of nitrogens with zero attached hydrogens (tertiary/aromatic N) is 2. The number of hydrogen-bond acceptors (Lipinski definition) is 6. The van der Waals surface area contributed by atoms with Gasteiger partial charge in [0.15, 0.2) is 17.3 Å². The van der Waals surface area contributed by atoms with E-state index in [2.05, 4.69) is 9.97 Å². The second kappa shape index (κ2) is 10.4. The van der Waals surface area contributed by atoms with Gasteiger partial charge in [0, 0.05) is 30.2 Å². The van der Waals surface area contributed by atoms with E-state index in [0.717, 1.165) is 23.1 Å². The number of H-pyrrole nitrogens is 1. The van der Waals surface area contributed by atoms with Gasteiger partial charge in [0.2, 0.25) is 0 Å². The van der Waals surface area contributed by atoms with E-state index in [4.69, 9.17) is 26.8 Å². The maximum Gasteiger partial charge on any atom is 0.272 e. The fourth-order valence-electron chi connectivity index (χ4n) is 3.37. The molecule has 11 heteroatoms. The molecule has 4 aromatic rings. The lowest BCUT2D eigenvalue weighted by Crippen LogP contribution is -2.32. The molecule has 0 spiro atoms. The molecular formula is C25H19ClF2N4O4. The molecule has 2 aromatic heterocycles. The third-order valence-corrected chi connectivity index (χ3v) is 5.38. The zero-order chi connectivity index (χ0) is 25.8. The number of ether oxygens (including phenoxy) is 2. The Balaban J connectivity index is 1.79. The van der Waals surface area contributed by atoms with E-state index in [1.54, 1.807) is 6.92 Å². The van der Waals surface area contributed by atoms with Crippen molar-refractivity contribution in [1.82, 2.24) is 9.97 Å². The fraction of sp³-hybridized carbons (Fsp3) is 0.0800. The first kappa shape index (κ1) is 24.7. The number of nitrogens with two attached hydrogens (primary N) is 1. The number of aromatic amines is 1. The minimum atomic E-state index is -0.842. The van der Waals surface area contributed by atoms with Crippen molar-refractivity contribution in [1.29, 1.82) is 0 Å². The number of nitrogens with one attached hydrogen (secondary N) is 1. The van der Waals surface area contributed by atoms with Gasteiger partial charge in [-0.25, -0.2) is 13.8 Å². The zero-order valence-electron chi connectivity index (χ0n) is 18.8. The number of rotatable bonds is 7. The van der Waals surface area contributed by atoms with Crippen LogP contribution in [0.5, 0.6) is 17.2 Å². The van der Waals surface area contributed by atoms with Gasteiger partial charge in [-0.1, -0.05) is 11.6 Å². The van der Waals surface area contributed by atoms with Crippen LogP contribution in [0, 0.1) is 11.6 Å². The maximum absolute atomic E-state index is 15.1. The van der Waals surface area contributed by atoms with E-state index in [1.807, 2.05) is 0 Å². The minimum Gasteiger partial charge on any atom is -0.493 e. The predicted octanol–water partition coefficient (Wildman–Crippen LogP) is 5.45. The van der Waals surface area contributed by atoms with Gasteiger partial charge in [-0.3, -0.25) is 14.5 Å². The van der Waals surface area contributed by atoms with E-state index in [-0.39, 0.29) is 51.6 Å². The molecule has 184 valence electrons. The average Bonchev–Trinajstić information content (AvgIpc) is 2.85. The standard InChI is InChI=1S/C25H19ClF2N4O4/c1-2-35-19-9-12-31-24(33)21(19)25(34)32(15-5-3-14(27)4-6-15)16-7-8-18(17(28)13-16)36-20-10-11-30-23(29)22(20)26/h3-13H,2H2,1H3,(H2,29,30)(H,31,33). The number of anilines is 3. The van der Waals surface area contributed by atoms with Gasteiger partial charge in [-0.2, -0.15) is 0 Å². The summed E-state index contributed by atoms with van der Waals surface area (Å²) in [6, 6.07) is 11.5. The Morgan fingerprint density at radius 3 is 2.47 bits per heavy atom. The molecule has 1 amide bonds. The Morgan fingerprint density at radius 2 is 1.78 bits per heavy atom. The highest BCUT2D eigenvalue weighted by Crippen LogP contribution is 2.36. The lowest BCUT2D eigenvalue weighted by atomic mass is 10.1. The van der Waals surface area contributed by atoms with Gasteiger partial charge in [-0.05, 0) is 49.4 Å². The van der Waals surface area contributed by atoms with Crippen LogP contribution >= 0.6 is 11.6 Å². The van der Waals surface area contributed by atoms with Crippen molar-refractivity contribution in [3.63, 3.8) is 0 Å². The number of hydrogen-bond donors (Lipinski definition) is 2. The summed E-state index contributed by atoms with van der Waals surface area (Å²) in [6.45, 7) is 1.90. The number of benzene rings is 2. The SMILES string of the molecule is CCOc1cc[nH]c(=O)c1C(=O)N(c1ccc(F)cc1)c1ccc(Oc2ccnc(N)c2Cl)c(F)c1. The van der Waals surface area contributed by atoms with Crippen molar-refractivity contribution in [3.05, 3.63) is 99.6 Å². The van der Waals surface area contributed by atoms with Crippen molar-refractivity contribution < 1.29 is 23.0 Å². The number of carbonyl (C=O) groups is 1. The van der Waals surface area contributed by atoms with Gasteiger partial charge < -0.3 is 20.2 Å². The van der Waals surface area contributed by atoms with E-state index in [0.29, 0.717) is 0 Å². The summed E-state index contributed by atoms with van der Waals surface area (Å²) in [6.07, 6.45) is 2.69. The normalized spacial score (nSPS) is 10.7. The monoisotopic (exact) mass is 512 g/mol. The molecule has 0 saturated heterocycles. The van der Waals surface area contributed by atoms with Gasteiger partial charge in [0.1, 0.15) is 28.0 Å². The molecule has 2 heterocycles. The quantitative estimate of drug-likeness (QED) is 0.340. The van der Waals surface area contributed by atoms with Crippen molar-refractivity contribution >= 4 is 34.7 Å². The third-order valence-electron chi connectivity index (χ3n) is 5.00. The molecule has 36 heavy (non-hydrogen) atoms. The van der Waals surface area contributed by atoms with E-state index >= 15 is 4.39 Å². The highest BCUT2D eigenvalue weighted by atomic mass is 35.5. The van der Waals surface area contributed by atoms with Crippen LogP contribution in [-0.2, 0) is 0 Å². The van der Waals surface area contributed by atoms with Crippen molar-refractivity contribution in [3.8, 4) is 17.2 Å². The first-order chi connectivity index (χ1) is 17.3. The van der Waals surface area contributed by atoms with Gasteiger partial charge in [0.05, 0.1) is 12.3 Å². The lowest BCUT2D eigenvalue weighted by Gasteiger charge is -2.24. The summed E-state index contributed by atoms with van der Waals surface area (Å²) in [5, 5.41) is 0.0100. The van der Waals surface area contributed by atoms with Crippen LogP contribution in [0.2, 0.25) is 5.02 Å². The highest BCUT2D eigenvalue weighted by molar-refractivity contribution is 6.34. The van der Waals surface area contributed by atoms with Crippen LogP contribution in [0.3, 0.4) is 0 Å². The van der Waals surface area contributed by atoms with Crippen molar-refractivity contribution in [2.24, 2.45) is 0 Å². The maximum atomic E-state index is 15.1. The predicted molar refractivity (Wildman–Crippen MR) is 131 cm³/mol. The largest absolute Gasteiger partial charge is 0.493 e. The topological polar surface area (TPSA) is 111 Å². The smallest absolute Gasteiger partial charge is 0.272 e. The van der Waals surface area contributed by atoms with Crippen molar-refractivity contribution in [2.75, 3.05) is 17.2 Å². The highest BCUT2D eigenvalue weighted by Gasteiger charge is 2.27. The number of halogens is 3. The number of nitrogen functional groups attached to an aromatic ring is 1. The second-order valence-corrected chi connectivity index (χ2v) is 7.70. The Bertz CT molecular complexity index is 1480. The molecule has 0 saturated carbocycles. The fourth-order valence-corrected chi connectivity index (χ4v) is 3.52. The second-order valence-electron chi connectivity index (χ2n) is 7.32. The summed E-state index contributed by atoms with van der Waals surface area (Å²) < 4.78 is 39.8. The number of amides is 1. The van der Waals surface area contributed by atoms with Crippen LogP contribution < -0.4 is 25.7 Å². The van der Waals surface area contributed by atoms with Gasteiger partial charge in [0.25, 0.3) is 11.5 Å². The Labute approximate surface area is 208 Å². The van der Waals surface area contributed by atoms with Crippen LogP contribution in [0.4, 0.5) is 26.0 Å². The molecule has 0 aliphatic rings. The first-order valence-corrected chi connectivity index (χ1v) is 11.0. The van der Waals surface area contributed by atoms with Crippen LogP contribution in [0.15, 0.2) is 71.8 Å². The number of carbonyl (C=O) groups excluding carboxylic acids is 1. The molecule has 0 radical (unpaired) electrons. The Kier molecular flexibility index (Phi) is 7.16. The zero-order valence-corrected chi connectivity index (χ0v) is 19.6. The summed E-state index contributed by atoms with van der Waals surface area (Å²) in [5.41, 5.74) is 4.88. The average molecular weight is 513 g/mol. The molecule has 0 aliphatic heterocycles. The molecule has 0 aliphatic carbocycles. The minimum absolute atomic E-state index is 0.0100. The molecule has 0 fully saturated rings.